The number of fused-ring (bicyclic) bond motifs is 16. The predicted molar refractivity (Wildman–Crippen MR) is 283 cm³/mol. The van der Waals surface area contributed by atoms with Crippen molar-refractivity contribution < 1.29 is 0 Å². The molecule has 2 aromatic heterocycles. The SMILES string of the molecule is CC1(c2ccccc2)c2cc(-c3nc(-c4ccccc4)nc(-c4cccc5c4-c4ccccc4C54c5ccccc5-c5ccccc54)n3)cc3c2-c2c1ccc1c4ccccc4n(c21)-c1ccccc1-3. The van der Waals surface area contributed by atoms with Crippen LogP contribution in [0.25, 0.3) is 106 Å². The second-order valence-electron chi connectivity index (χ2n) is 19.5. The zero-order valence-electron chi connectivity index (χ0n) is 38.2. The number of rotatable bonds is 4. The second-order valence-corrected chi connectivity index (χ2v) is 19.5. The van der Waals surface area contributed by atoms with Crippen molar-refractivity contribution in [1.82, 2.24) is 19.5 Å². The molecule has 1 spiro atoms. The van der Waals surface area contributed by atoms with Gasteiger partial charge < -0.3 is 4.57 Å². The molecule has 4 aliphatic rings. The van der Waals surface area contributed by atoms with Crippen molar-refractivity contribution in [3.63, 3.8) is 0 Å². The third kappa shape index (κ3) is 4.63. The van der Waals surface area contributed by atoms with Crippen LogP contribution in [0.3, 0.4) is 0 Å². The first-order valence-electron chi connectivity index (χ1n) is 24.3. The first kappa shape index (κ1) is 38.0. The molecule has 0 N–H and O–H groups in total. The molecule has 4 nitrogen and oxygen atoms in total. The monoisotopic (exact) mass is 888 g/mol. The van der Waals surface area contributed by atoms with Crippen molar-refractivity contribution in [2.75, 3.05) is 0 Å². The predicted octanol–water partition coefficient (Wildman–Crippen LogP) is 15.6. The van der Waals surface area contributed by atoms with Gasteiger partial charge in [0.2, 0.25) is 0 Å². The number of nitrogens with zero attached hydrogens (tertiary/aromatic N) is 4. The summed E-state index contributed by atoms with van der Waals surface area (Å²) in [4.78, 5) is 16.6. The van der Waals surface area contributed by atoms with E-state index >= 15 is 0 Å². The molecule has 12 aromatic rings. The van der Waals surface area contributed by atoms with E-state index in [9.17, 15) is 0 Å². The Balaban J connectivity index is 0.996. The maximum atomic E-state index is 5.66. The lowest BCUT2D eigenvalue weighted by Gasteiger charge is -2.30. The van der Waals surface area contributed by atoms with E-state index in [1.165, 1.54) is 111 Å². The van der Waals surface area contributed by atoms with Crippen LogP contribution in [-0.2, 0) is 10.8 Å². The third-order valence-electron chi connectivity index (χ3n) is 16.3. The van der Waals surface area contributed by atoms with Gasteiger partial charge in [-0.05, 0) is 104 Å². The molecule has 4 heteroatoms. The Kier molecular flexibility index (Phi) is 7.38. The van der Waals surface area contributed by atoms with Crippen LogP contribution >= 0.6 is 0 Å². The average Bonchev–Trinajstić information content (AvgIpc) is 4.09. The quantitative estimate of drug-likeness (QED) is 0.177. The molecule has 3 heterocycles. The van der Waals surface area contributed by atoms with Gasteiger partial charge in [-0.3, -0.25) is 0 Å². The Bertz CT molecular complexity index is 4210. The van der Waals surface area contributed by atoms with Crippen LogP contribution in [0, 0.1) is 0 Å². The minimum Gasteiger partial charge on any atom is -0.308 e. The van der Waals surface area contributed by atoms with Crippen molar-refractivity contribution in [2.24, 2.45) is 0 Å². The van der Waals surface area contributed by atoms with E-state index < -0.39 is 10.8 Å². The van der Waals surface area contributed by atoms with Gasteiger partial charge in [-0.1, -0.05) is 200 Å². The van der Waals surface area contributed by atoms with Gasteiger partial charge in [0.05, 0.1) is 22.1 Å². The van der Waals surface area contributed by atoms with Crippen LogP contribution in [0.5, 0.6) is 0 Å². The maximum Gasteiger partial charge on any atom is 0.164 e. The minimum absolute atomic E-state index is 0.483. The normalized spacial score (nSPS) is 15.7. The molecule has 16 rings (SSSR count). The highest BCUT2D eigenvalue weighted by Crippen LogP contribution is 2.65. The molecule has 0 bridgehead atoms. The summed E-state index contributed by atoms with van der Waals surface area (Å²) in [6.45, 7) is 2.42. The van der Waals surface area contributed by atoms with Gasteiger partial charge in [0.1, 0.15) is 0 Å². The summed E-state index contributed by atoms with van der Waals surface area (Å²) in [6.07, 6.45) is 0. The van der Waals surface area contributed by atoms with E-state index in [2.05, 4.69) is 230 Å². The molecule has 10 aromatic carbocycles. The fourth-order valence-corrected chi connectivity index (χ4v) is 13.4. The van der Waals surface area contributed by atoms with Crippen molar-refractivity contribution in [2.45, 2.75) is 17.8 Å². The van der Waals surface area contributed by atoms with Crippen LogP contribution < -0.4 is 0 Å². The van der Waals surface area contributed by atoms with Gasteiger partial charge in [0.25, 0.3) is 0 Å². The van der Waals surface area contributed by atoms with Crippen LogP contribution in [0.2, 0.25) is 0 Å². The third-order valence-corrected chi connectivity index (χ3v) is 16.3. The lowest BCUT2D eigenvalue weighted by molar-refractivity contribution is 0.714. The zero-order valence-corrected chi connectivity index (χ0v) is 38.2. The zero-order chi connectivity index (χ0) is 45.9. The van der Waals surface area contributed by atoms with E-state index in [-0.39, 0.29) is 0 Å². The molecule has 3 aliphatic carbocycles. The minimum atomic E-state index is -0.492. The molecule has 0 amide bonds. The van der Waals surface area contributed by atoms with Crippen molar-refractivity contribution >= 4 is 21.8 Å². The lowest BCUT2D eigenvalue weighted by Crippen LogP contribution is -2.25. The first-order valence-corrected chi connectivity index (χ1v) is 24.3. The number of hydrogen-bond acceptors (Lipinski definition) is 3. The largest absolute Gasteiger partial charge is 0.308 e. The molecule has 1 atom stereocenters. The fourth-order valence-electron chi connectivity index (χ4n) is 13.4. The highest BCUT2D eigenvalue weighted by atomic mass is 15.0. The van der Waals surface area contributed by atoms with E-state index in [4.69, 9.17) is 15.0 Å². The summed E-state index contributed by atoms with van der Waals surface area (Å²) < 4.78 is 2.52. The van der Waals surface area contributed by atoms with Gasteiger partial charge in [-0.2, -0.15) is 0 Å². The number of para-hydroxylation sites is 2. The Morgan fingerprint density at radius 1 is 0.343 bits per heavy atom. The Labute approximate surface area is 404 Å². The van der Waals surface area contributed by atoms with Gasteiger partial charge in [-0.15, -0.1) is 0 Å². The van der Waals surface area contributed by atoms with Gasteiger partial charge >= 0.3 is 0 Å². The van der Waals surface area contributed by atoms with E-state index in [1.807, 2.05) is 6.07 Å². The fraction of sp³-hybridized carbons (Fsp3) is 0.0455. The van der Waals surface area contributed by atoms with Gasteiger partial charge in [0.15, 0.2) is 17.5 Å². The van der Waals surface area contributed by atoms with E-state index in [0.29, 0.717) is 17.5 Å². The molecular formula is C66H40N4. The maximum absolute atomic E-state index is 5.66. The van der Waals surface area contributed by atoms with Crippen molar-refractivity contribution in [3.8, 4) is 84.4 Å². The molecule has 70 heavy (non-hydrogen) atoms. The average molecular weight is 889 g/mol. The molecule has 324 valence electrons. The Hall–Kier alpha value is -8.99. The molecule has 1 unspecified atom stereocenters. The first-order chi connectivity index (χ1) is 34.6. The van der Waals surface area contributed by atoms with Crippen molar-refractivity contribution in [3.05, 3.63) is 263 Å². The second kappa shape index (κ2) is 13.6. The summed E-state index contributed by atoms with van der Waals surface area (Å²) in [5, 5.41) is 2.53. The number of hydrogen-bond donors (Lipinski definition) is 0. The van der Waals surface area contributed by atoms with E-state index in [0.717, 1.165) is 16.7 Å². The highest BCUT2D eigenvalue weighted by molar-refractivity contribution is 6.19. The topological polar surface area (TPSA) is 43.6 Å². The smallest absolute Gasteiger partial charge is 0.164 e. The summed E-state index contributed by atoms with van der Waals surface area (Å²) in [6, 6.07) is 82.5. The van der Waals surface area contributed by atoms with E-state index in [1.54, 1.807) is 0 Å². The standard InChI is InChI=1S/C66H40N4/c1-65(41-21-6-3-7-22-41)53-36-35-46-44-25-11-16-33-56(44)70-57-34-17-12-26-45(57)49-37-40(38-55(65)59(49)60(53)61(46)70)63-67-62(39-19-4-2-5-20-39)68-64(69-63)48-28-18-32-54-58(48)47-27-10-15-31-52(47)66(54)50-29-13-8-23-42(50)43-24-9-14-30-51(43)66/h2-38H,1H3. The molecule has 0 saturated carbocycles. The summed E-state index contributed by atoms with van der Waals surface area (Å²) in [5.41, 5.74) is 24.4. The summed E-state index contributed by atoms with van der Waals surface area (Å²) in [5.74, 6) is 1.93. The molecular weight excluding hydrogens is 849 g/mol. The lowest BCUT2D eigenvalue weighted by atomic mass is 9.70. The number of benzene rings is 10. The molecule has 0 fully saturated rings. The Morgan fingerprint density at radius 3 is 1.67 bits per heavy atom. The highest BCUT2D eigenvalue weighted by Gasteiger charge is 2.52. The molecule has 0 radical (unpaired) electrons. The van der Waals surface area contributed by atoms with Crippen LogP contribution in [0.1, 0.15) is 45.9 Å². The van der Waals surface area contributed by atoms with Crippen LogP contribution in [-0.4, -0.2) is 19.5 Å². The van der Waals surface area contributed by atoms with Crippen molar-refractivity contribution in [1.29, 1.82) is 0 Å². The van der Waals surface area contributed by atoms with Gasteiger partial charge in [0, 0.05) is 44.0 Å². The van der Waals surface area contributed by atoms with Crippen LogP contribution in [0.4, 0.5) is 0 Å². The number of aromatic nitrogens is 4. The summed E-state index contributed by atoms with van der Waals surface area (Å²) >= 11 is 0. The molecule has 0 saturated heterocycles. The molecule has 1 aliphatic heterocycles. The summed E-state index contributed by atoms with van der Waals surface area (Å²) in [7, 11) is 0. The van der Waals surface area contributed by atoms with Gasteiger partial charge in [-0.25, -0.2) is 15.0 Å². The van der Waals surface area contributed by atoms with Crippen LogP contribution in [0.15, 0.2) is 224 Å². The Morgan fingerprint density at radius 2 is 0.914 bits per heavy atom.